The highest BCUT2D eigenvalue weighted by Gasteiger charge is 2.23. The maximum atomic E-state index is 2.66. The van der Waals surface area contributed by atoms with E-state index in [9.17, 15) is 0 Å². The van der Waals surface area contributed by atoms with E-state index >= 15 is 0 Å². The molecule has 0 N–H and O–H groups in total. The van der Waals surface area contributed by atoms with Crippen LogP contribution in [0.3, 0.4) is 0 Å². The maximum Gasteiger partial charge on any atom is 0.264 e. The number of rotatable bonds is 2. The molecule has 1 nitrogen and oxygen atoms in total. The molecule has 0 unspecified atom stereocenters. The normalized spacial score (nSPS) is 21.4. The van der Waals surface area contributed by atoms with E-state index < -0.39 is 0 Å². The Balaban J connectivity index is 2.35. The van der Waals surface area contributed by atoms with Gasteiger partial charge in [-0.05, 0) is 26.9 Å². The highest BCUT2D eigenvalue weighted by molar-refractivity contribution is 6.60. The molecule has 2 heteroatoms. The molecule has 0 aromatic rings. The summed E-state index contributed by atoms with van der Waals surface area (Å²) >= 11 is -0.359. The van der Waals surface area contributed by atoms with Crippen molar-refractivity contribution in [2.24, 2.45) is 0 Å². The largest absolute Gasteiger partial charge is 0.301 e. The van der Waals surface area contributed by atoms with E-state index in [1.54, 1.807) is 10.6 Å². The van der Waals surface area contributed by atoms with Crippen LogP contribution < -0.4 is 0 Å². The van der Waals surface area contributed by atoms with Crippen molar-refractivity contribution >= 4 is 14.1 Å². The van der Waals surface area contributed by atoms with E-state index in [2.05, 4.69) is 32.6 Å². The standard InChI is InChI=1S/C9H19N.C3H7.Al/c1-5-7-10(8-6-2)9(3)4;1-3-2;/h9H,1-2,5-8H2,3-4H3;3H,1-2H3;. The lowest BCUT2D eigenvalue weighted by Crippen LogP contribution is -2.36. The molecule has 14 heavy (non-hydrogen) atoms. The highest BCUT2D eigenvalue weighted by atomic mass is 27.2. The zero-order valence-electron chi connectivity index (χ0n) is 10.4. The smallest absolute Gasteiger partial charge is 0.264 e. The topological polar surface area (TPSA) is 3.24 Å². The Labute approximate surface area is 94.3 Å². The molecule has 1 fully saturated rings. The SMILES string of the molecule is CC(C)N1CC[CH2][Al]([CH](C)C)[CH2]CC1. The molecule has 1 heterocycles. The van der Waals surface area contributed by atoms with Gasteiger partial charge in [0.05, 0.1) is 0 Å². The van der Waals surface area contributed by atoms with Crippen LogP contribution in [0.1, 0.15) is 40.5 Å². The first-order valence-corrected chi connectivity index (χ1v) is 8.65. The molecule has 0 amide bonds. The fourth-order valence-corrected chi connectivity index (χ4v) is 5.59. The van der Waals surface area contributed by atoms with E-state index in [1.165, 1.54) is 25.9 Å². The first kappa shape index (κ1) is 12.6. The lowest BCUT2D eigenvalue weighted by molar-refractivity contribution is 0.219. The molecule has 0 aromatic heterocycles. The molecule has 0 spiro atoms. The van der Waals surface area contributed by atoms with Crippen molar-refractivity contribution in [2.75, 3.05) is 13.1 Å². The molecule has 0 aliphatic carbocycles. The van der Waals surface area contributed by atoms with Crippen LogP contribution in [0.2, 0.25) is 15.3 Å². The van der Waals surface area contributed by atoms with Gasteiger partial charge in [0.1, 0.15) is 0 Å². The zero-order valence-corrected chi connectivity index (χ0v) is 11.6. The maximum absolute atomic E-state index is 2.66. The Kier molecular flexibility index (Phi) is 5.52. The molecule has 1 saturated heterocycles. The average Bonchev–Trinajstić information content (AvgIpc) is 2.01. The lowest BCUT2D eigenvalue weighted by atomic mass is 10.2. The Bertz CT molecular complexity index is 130. The van der Waals surface area contributed by atoms with Crippen molar-refractivity contribution in [3.05, 3.63) is 0 Å². The quantitative estimate of drug-likeness (QED) is 0.633. The Morgan fingerprint density at radius 3 is 1.79 bits per heavy atom. The molecular weight excluding hydrogens is 185 g/mol. The van der Waals surface area contributed by atoms with Crippen LogP contribution >= 0.6 is 0 Å². The highest BCUT2D eigenvalue weighted by Crippen LogP contribution is 2.22. The summed E-state index contributed by atoms with van der Waals surface area (Å²) in [5.41, 5.74) is 0. The average molecular weight is 211 g/mol. The van der Waals surface area contributed by atoms with Gasteiger partial charge in [-0.15, -0.1) is 0 Å². The van der Waals surface area contributed by atoms with Crippen LogP contribution in [-0.2, 0) is 0 Å². The van der Waals surface area contributed by atoms with Crippen molar-refractivity contribution in [2.45, 2.75) is 61.9 Å². The first-order valence-electron chi connectivity index (χ1n) is 6.35. The molecule has 0 bridgehead atoms. The Morgan fingerprint density at radius 2 is 1.43 bits per heavy atom. The van der Waals surface area contributed by atoms with E-state index in [1.807, 2.05) is 0 Å². The van der Waals surface area contributed by atoms with Crippen LogP contribution in [-0.4, -0.2) is 38.2 Å². The summed E-state index contributed by atoms with van der Waals surface area (Å²) in [5, 5.41) is 3.17. The summed E-state index contributed by atoms with van der Waals surface area (Å²) in [6.45, 7) is 12.3. The third-order valence-electron chi connectivity index (χ3n) is 3.71. The van der Waals surface area contributed by atoms with Crippen LogP contribution in [0.15, 0.2) is 0 Å². The van der Waals surface area contributed by atoms with E-state index in [0.717, 1.165) is 10.8 Å². The zero-order chi connectivity index (χ0) is 10.6. The van der Waals surface area contributed by atoms with Crippen LogP contribution in [0, 0.1) is 0 Å². The van der Waals surface area contributed by atoms with Gasteiger partial charge in [-0.25, -0.2) is 0 Å². The third kappa shape index (κ3) is 3.93. The van der Waals surface area contributed by atoms with Gasteiger partial charge in [-0.2, -0.15) is 0 Å². The Hall–Kier alpha value is 0.492. The number of nitrogens with zero attached hydrogens (tertiary/aromatic N) is 1. The predicted octanol–water partition coefficient (Wildman–Crippen LogP) is 3.40. The predicted molar refractivity (Wildman–Crippen MR) is 66.4 cm³/mol. The van der Waals surface area contributed by atoms with Gasteiger partial charge in [0.15, 0.2) is 0 Å². The first-order chi connectivity index (χ1) is 6.61. The van der Waals surface area contributed by atoms with Gasteiger partial charge in [0, 0.05) is 6.04 Å². The van der Waals surface area contributed by atoms with Gasteiger partial charge in [0.2, 0.25) is 0 Å². The minimum Gasteiger partial charge on any atom is -0.301 e. The molecule has 1 rings (SSSR count). The molecule has 1 aliphatic rings. The van der Waals surface area contributed by atoms with Gasteiger partial charge in [-0.1, -0.05) is 42.0 Å². The van der Waals surface area contributed by atoms with Crippen molar-refractivity contribution in [1.82, 2.24) is 4.90 Å². The fraction of sp³-hybridized carbons (Fsp3) is 1.00. The van der Waals surface area contributed by atoms with Gasteiger partial charge in [-0.3, -0.25) is 0 Å². The molecule has 0 aromatic carbocycles. The van der Waals surface area contributed by atoms with Crippen LogP contribution in [0.4, 0.5) is 0 Å². The summed E-state index contributed by atoms with van der Waals surface area (Å²) in [4.78, 5) is 2.66. The van der Waals surface area contributed by atoms with Gasteiger partial charge in [0.25, 0.3) is 14.1 Å². The minimum absolute atomic E-state index is 0.359. The van der Waals surface area contributed by atoms with Crippen molar-refractivity contribution in [3.63, 3.8) is 0 Å². The van der Waals surface area contributed by atoms with E-state index in [0.29, 0.717) is 0 Å². The number of hydrogen-bond acceptors (Lipinski definition) is 1. The van der Waals surface area contributed by atoms with E-state index in [-0.39, 0.29) is 14.1 Å². The fourth-order valence-electron chi connectivity index (χ4n) is 2.55. The second-order valence-electron chi connectivity index (χ2n) is 5.42. The second kappa shape index (κ2) is 6.16. The summed E-state index contributed by atoms with van der Waals surface area (Å²) in [6, 6.07) is 0.757. The monoisotopic (exact) mass is 211 g/mol. The molecule has 0 atom stereocenters. The molecule has 1 aliphatic heterocycles. The Morgan fingerprint density at radius 1 is 0.929 bits per heavy atom. The molecule has 82 valence electrons. The van der Waals surface area contributed by atoms with Crippen LogP contribution in [0.25, 0.3) is 0 Å². The van der Waals surface area contributed by atoms with Crippen molar-refractivity contribution in [3.8, 4) is 0 Å². The molecule has 0 radical (unpaired) electrons. The van der Waals surface area contributed by atoms with Crippen LogP contribution in [0.5, 0.6) is 0 Å². The summed E-state index contributed by atoms with van der Waals surface area (Å²) in [7, 11) is 0. The molecular formula is C12H26AlN. The second-order valence-corrected chi connectivity index (χ2v) is 9.43. The summed E-state index contributed by atoms with van der Waals surface area (Å²) < 4.78 is 1.03. The van der Waals surface area contributed by atoms with E-state index in [4.69, 9.17) is 0 Å². The van der Waals surface area contributed by atoms with Gasteiger partial charge >= 0.3 is 0 Å². The molecule has 0 saturated carbocycles. The van der Waals surface area contributed by atoms with Crippen molar-refractivity contribution in [1.29, 1.82) is 0 Å². The summed E-state index contributed by atoms with van der Waals surface area (Å²) in [5.74, 6) is 0. The van der Waals surface area contributed by atoms with Crippen molar-refractivity contribution < 1.29 is 0 Å². The van der Waals surface area contributed by atoms with Gasteiger partial charge < -0.3 is 4.90 Å². The lowest BCUT2D eigenvalue weighted by Gasteiger charge is -2.30. The number of hydrogen-bond donors (Lipinski definition) is 0. The minimum atomic E-state index is -0.359. The summed E-state index contributed by atoms with van der Waals surface area (Å²) in [6.07, 6.45) is 2.93. The third-order valence-corrected chi connectivity index (χ3v) is 7.90.